The Labute approximate surface area is 78.2 Å². The summed E-state index contributed by atoms with van der Waals surface area (Å²) in [6.45, 7) is 2.15. The van der Waals surface area contributed by atoms with Crippen molar-refractivity contribution in [2.24, 2.45) is 0 Å². The summed E-state index contributed by atoms with van der Waals surface area (Å²) in [5.74, 6) is 0. The van der Waals surface area contributed by atoms with Crippen LogP contribution in [0.25, 0.3) is 10.8 Å². The molecule has 0 unspecified atom stereocenters. The van der Waals surface area contributed by atoms with Gasteiger partial charge in [0.1, 0.15) is 0 Å². The van der Waals surface area contributed by atoms with E-state index in [9.17, 15) is 0 Å². The first-order chi connectivity index (χ1) is 6.31. The number of nitrogen functional groups attached to an aromatic ring is 1. The smallest absolute Gasteiger partial charge is 0.0323 e. The molecule has 2 rings (SSSR count). The summed E-state index contributed by atoms with van der Waals surface area (Å²) < 4.78 is 0. The van der Waals surface area contributed by atoms with E-state index in [0.717, 1.165) is 12.1 Å². The zero-order valence-electron chi connectivity index (χ0n) is 7.75. The first kappa shape index (κ1) is 8.11. The number of fused-ring (bicyclic) bond motifs is 1. The normalized spacial score (nSPS) is 10.5. The number of anilines is 1. The number of nitrogens with two attached hydrogens (primary N) is 1. The second-order valence-electron chi connectivity index (χ2n) is 3.25. The largest absolute Gasteiger partial charge is 0.399 e. The van der Waals surface area contributed by atoms with Crippen LogP contribution in [-0.4, -0.2) is 0 Å². The van der Waals surface area contributed by atoms with Gasteiger partial charge < -0.3 is 5.73 Å². The minimum Gasteiger partial charge on any atom is -0.399 e. The lowest BCUT2D eigenvalue weighted by Gasteiger charge is -2.05. The molecule has 0 saturated heterocycles. The van der Waals surface area contributed by atoms with E-state index in [1.54, 1.807) is 0 Å². The average molecular weight is 171 g/mol. The molecule has 0 aliphatic rings. The first-order valence-electron chi connectivity index (χ1n) is 4.58. The Morgan fingerprint density at radius 3 is 2.69 bits per heavy atom. The number of hydrogen-bond donors (Lipinski definition) is 1. The van der Waals surface area contributed by atoms with Crippen molar-refractivity contribution in [2.75, 3.05) is 5.73 Å². The van der Waals surface area contributed by atoms with Crippen molar-refractivity contribution < 1.29 is 0 Å². The molecule has 2 aromatic rings. The van der Waals surface area contributed by atoms with E-state index >= 15 is 0 Å². The van der Waals surface area contributed by atoms with Crippen molar-refractivity contribution in [3.05, 3.63) is 42.0 Å². The number of benzene rings is 2. The lowest BCUT2D eigenvalue weighted by molar-refractivity contribution is 1.16. The molecule has 2 N–H and O–H groups in total. The number of rotatable bonds is 1. The van der Waals surface area contributed by atoms with Gasteiger partial charge in [0.2, 0.25) is 0 Å². The highest BCUT2D eigenvalue weighted by molar-refractivity contribution is 5.88. The molecule has 0 bridgehead atoms. The Bertz CT molecular complexity index is 432. The molecule has 2 aromatic carbocycles. The summed E-state index contributed by atoms with van der Waals surface area (Å²) >= 11 is 0. The van der Waals surface area contributed by atoms with Crippen LogP contribution in [0.15, 0.2) is 36.4 Å². The Morgan fingerprint density at radius 1 is 1.15 bits per heavy atom. The molecule has 0 heterocycles. The van der Waals surface area contributed by atoms with Gasteiger partial charge in [0.15, 0.2) is 0 Å². The maximum absolute atomic E-state index is 5.80. The number of hydrogen-bond acceptors (Lipinski definition) is 1. The zero-order valence-corrected chi connectivity index (χ0v) is 7.75. The maximum Gasteiger partial charge on any atom is 0.0323 e. The Balaban J connectivity index is 2.81. The molecule has 1 heteroatoms. The van der Waals surface area contributed by atoms with Crippen LogP contribution in [0, 0.1) is 0 Å². The third-order valence-electron chi connectivity index (χ3n) is 2.35. The summed E-state index contributed by atoms with van der Waals surface area (Å²) in [5, 5.41) is 2.55. The number of aryl methyl sites for hydroxylation is 1. The van der Waals surface area contributed by atoms with Gasteiger partial charge in [0.25, 0.3) is 0 Å². The van der Waals surface area contributed by atoms with Gasteiger partial charge in [-0.1, -0.05) is 31.2 Å². The fourth-order valence-electron chi connectivity index (χ4n) is 1.71. The van der Waals surface area contributed by atoms with E-state index in [2.05, 4.69) is 31.2 Å². The SMILES string of the molecule is CCc1cc(N)cc2ccccc12. The van der Waals surface area contributed by atoms with Crippen molar-refractivity contribution in [1.82, 2.24) is 0 Å². The molecule has 0 aliphatic carbocycles. The minimum absolute atomic E-state index is 0.857. The van der Waals surface area contributed by atoms with Gasteiger partial charge in [-0.2, -0.15) is 0 Å². The molecule has 0 radical (unpaired) electrons. The van der Waals surface area contributed by atoms with E-state index in [0.29, 0.717) is 0 Å². The lowest BCUT2D eigenvalue weighted by atomic mass is 10.0. The summed E-state index contributed by atoms with van der Waals surface area (Å²) in [7, 11) is 0. The molecule has 1 nitrogen and oxygen atoms in total. The molecule has 13 heavy (non-hydrogen) atoms. The molecule has 0 spiro atoms. The molecule has 66 valence electrons. The van der Waals surface area contributed by atoms with Gasteiger partial charge in [-0.05, 0) is 34.9 Å². The van der Waals surface area contributed by atoms with Crippen LogP contribution in [0.5, 0.6) is 0 Å². The van der Waals surface area contributed by atoms with E-state index < -0.39 is 0 Å². The van der Waals surface area contributed by atoms with E-state index in [1.165, 1.54) is 16.3 Å². The predicted molar refractivity (Wildman–Crippen MR) is 57.7 cm³/mol. The summed E-state index contributed by atoms with van der Waals surface area (Å²) in [6, 6.07) is 12.4. The van der Waals surface area contributed by atoms with E-state index in [4.69, 9.17) is 5.73 Å². The average Bonchev–Trinajstić information content (AvgIpc) is 2.16. The van der Waals surface area contributed by atoms with Crippen LogP contribution in [0.1, 0.15) is 12.5 Å². The van der Waals surface area contributed by atoms with Gasteiger partial charge in [0, 0.05) is 5.69 Å². The minimum atomic E-state index is 0.857. The van der Waals surface area contributed by atoms with Gasteiger partial charge >= 0.3 is 0 Å². The highest BCUT2D eigenvalue weighted by Gasteiger charge is 1.99. The molecular weight excluding hydrogens is 158 g/mol. The van der Waals surface area contributed by atoms with Crippen LogP contribution >= 0.6 is 0 Å². The van der Waals surface area contributed by atoms with Gasteiger partial charge in [0.05, 0.1) is 0 Å². The van der Waals surface area contributed by atoms with Crippen molar-refractivity contribution in [1.29, 1.82) is 0 Å². The fraction of sp³-hybridized carbons (Fsp3) is 0.167. The summed E-state index contributed by atoms with van der Waals surface area (Å²) in [6.07, 6.45) is 1.03. The van der Waals surface area contributed by atoms with Crippen LogP contribution < -0.4 is 5.73 Å². The summed E-state index contributed by atoms with van der Waals surface area (Å²) in [4.78, 5) is 0. The van der Waals surface area contributed by atoms with Crippen molar-refractivity contribution in [3.63, 3.8) is 0 Å². The van der Waals surface area contributed by atoms with Crippen molar-refractivity contribution in [3.8, 4) is 0 Å². The van der Waals surface area contributed by atoms with Gasteiger partial charge in [-0.3, -0.25) is 0 Å². The molecule has 0 aliphatic heterocycles. The van der Waals surface area contributed by atoms with Gasteiger partial charge in [-0.15, -0.1) is 0 Å². The van der Waals surface area contributed by atoms with Crippen LogP contribution in [-0.2, 0) is 6.42 Å². The highest BCUT2D eigenvalue weighted by atomic mass is 14.5. The predicted octanol–water partition coefficient (Wildman–Crippen LogP) is 2.98. The van der Waals surface area contributed by atoms with E-state index in [1.807, 2.05) is 12.1 Å². The molecule has 0 amide bonds. The van der Waals surface area contributed by atoms with Crippen molar-refractivity contribution in [2.45, 2.75) is 13.3 Å². The molecule has 0 atom stereocenters. The van der Waals surface area contributed by atoms with Gasteiger partial charge in [-0.25, -0.2) is 0 Å². The fourth-order valence-corrected chi connectivity index (χ4v) is 1.71. The van der Waals surface area contributed by atoms with Crippen LogP contribution in [0.2, 0.25) is 0 Å². The highest BCUT2D eigenvalue weighted by Crippen LogP contribution is 2.22. The molecule has 0 aromatic heterocycles. The molecule has 0 saturated carbocycles. The van der Waals surface area contributed by atoms with Crippen LogP contribution in [0.3, 0.4) is 0 Å². The monoisotopic (exact) mass is 171 g/mol. The standard InChI is InChI=1S/C12H13N/c1-2-9-7-11(13)8-10-5-3-4-6-12(9)10/h3-8H,2,13H2,1H3. The van der Waals surface area contributed by atoms with Crippen molar-refractivity contribution >= 4 is 16.5 Å². The summed E-state index contributed by atoms with van der Waals surface area (Å²) in [5.41, 5.74) is 7.99. The lowest BCUT2D eigenvalue weighted by Crippen LogP contribution is -1.89. The third-order valence-corrected chi connectivity index (χ3v) is 2.35. The maximum atomic E-state index is 5.80. The quantitative estimate of drug-likeness (QED) is 0.656. The zero-order chi connectivity index (χ0) is 9.26. The second-order valence-corrected chi connectivity index (χ2v) is 3.25. The Morgan fingerprint density at radius 2 is 1.92 bits per heavy atom. The van der Waals surface area contributed by atoms with Crippen LogP contribution in [0.4, 0.5) is 5.69 Å². The third kappa shape index (κ3) is 1.37. The topological polar surface area (TPSA) is 26.0 Å². The molecular formula is C12H13N. The Hall–Kier alpha value is -1.50. The molecule has 0 fully saturated rings. The van der Waals surface area contributed by atoms with E-state index in [-0.39, 0.29) is 0 Å². The second kappa shape index (κ2) is 3.09. The first-order valence-corrected chi connectivity index (χ1v) is 4.58. The Kier molecular flexibility index (Phi) is 1.93.